The lowest BCUT2D eigenvalue weighted by molar-refractivity contribution is 0.0979. The number of phenols is 1. The first-order chi connectivity index (χ1) is 9.99. The van der Waals surface area contributed by atoms with Gasteiger partial charge in [0.05, 0.1) is 17.6 Å². The highest BCUT2D eigenvalue weighted by molar-refractivity contribution is 6.08. The van der Waals surface area contributed by atoms with Gasteiger partial charge in [-0.25, -0.2) is 0 Å². The summed E-state index contributed by atoms with van der Waals surface area (Å²) < 4.78 is 1.58. The van der Waals surface area contributed by atoms with Crippen LogP contribution in [0.4, 0.5) is 11.4 Å². The lowest BCUT2D eigenvalue weighted by atomic mass is 10.1. The number of aryl methyl sites for hydroxylation is 2. The molecular weight excluding hydrogens is 268 g/mol. The number of rotatable bonds is 4. The topological polar surface area (TPSA) is 84.4 Å². The fraction of sp³-hybridized carbons (Fsp3) is 0.333. The van der Waals surface area contributed by atoms with Crippen LogP contribution >= 0.6 is 0 Å². The molecule has 2 aromatic rings. The first-order valence-corrected chi connectivity index (χ1v) is 6.92. The smallest absolute Gasteiger partial charge is 0.278 e. The molecule has 6 heteroatoms. The molecule has 0 unspecified atom stereocenters. The molecule has 1 aromatic carbocycles. The molecule has 3 N–H and O–H groups in total. The third-order valence-electron chi connectivity index (χ3n) is 3.41. The summed E-state index contributed by atoms with van der Waals surface area (Å²) in [6, 6.07) is 4.96. The van der Waals surface area contributed by atoms with Crippen molar-refractivity contribution in [2.45, 2.75) is 27.3 Å². The van der Waals surface area contributed by atoms with Crippen molar-refractivity contribution in [1.29, 1.82) is 0 Å². The van der Waals surface area contributed by atoms with Gasteiger partial charge >= 0.3 is 0 Å². The zero-order valence-corrected chi connectivity index (χ0v) is 12.5. The lowest BCUT2D eigenvalue weighted by Crippen LogP contribution is -2.33. The number of nitrogens with two attached hydrogens (primary N) is 1. The zero-order chi connectivity index (χ0) is 15.6. The van der Waals surface area contributed by atoms with Gasteiger partial charge in [0.15, 0.2) is 0 Å². The fourth-order valence-corrected chi connectivity index (χ4v) is 2.31. The first kappa shape index (κ1) is 14.9. The Bertz CT molecular complexity index is 664. The number of carbonyl (C=O) groups excluding carboxylic acids is 1. The molecular formula is C15H20N4O2. The quantitative estimate of drug-likeness (QED) is 0.903. The number of hydrogen-bond donors (Lipinski definition) is 2. The van der Waals surface area contributed by atoms with E-state index in [0.717, 1.165) is 5.56 Å². The molecule has 0 aliphatic heterocycles. The number of aromatic nitrogens is 2. The van der Waals surface area contributed by atoms with Crippen molar-refractivity contribution in [2.24, 2.45) is 0 Å². The van der Waals surface area contributed by atoms with Crippen LogP contribution in [0.15, 0.2) is 24.4 Å². The molecule has 0 atom stereocenters. The molecule has 0 aliphatic carbocycles. The summed E-state index contributed by atoms with van der Waals surface area (Å²) in [6.45, 7) is 6.71. The Morgan fingerprint density at radius 2 is 2.14 bits per heavy atom. The van der Waals surface area contributed by atoms with E-state index in [1.54, 1.807) is 27.8 Å². The van der Waals surface area contributed by atoms with Crippen molar-refractivity contribution >= 4 is 17.3 Å². The van der Waals surface area contributed by atoms with Crippen LogP contribution in [-0.4, -0.2) is 27.3 Å². The molecule has 2 rings (SSSR count). The van der Waals surface area contributed by atoms with Crippen molar-refractivity contribution in [3.63, 3.8) is 0 Å². The van der Waals surface area contributed by atoms with Crippen LogP contribution in [0, 0.1) is 6.92 Å². The number of hydrogen-bond acceptors (Lipinski definition) is 4. The van der Waals surface area contributed by atoms with E-state index in [1.165, 1.54) is 6.20 Å². The molecule has 6 nitrogen and oxygen atoms in total. The Labute approximate surface area is 123 Å². The van der Waals surface area contributed by atoms with E-state index in [1.807, 2.05) is 20.8 Å². The van der Waals surface area contributed by atoms with E-state index < -0.39 is 0 Å². The Morgan fingerprint density at radius 3 is 2.76 bits per heavy atom. The van der Waals surface area contributed by atoms with Gasteiger partial charge in [-0.15, -0.1) is 0 Å². The molecule has 0 bridgehead atoms. The van der Waals surface area contributed by atoms with Crippen molar-refractivity contribution in [1.82, 2.24) is 9.78 Å². The Morgan fingerprint density at radius 1 is 1.43 bits per heavy atom. The SMILES string of the molecule is CCN(C(=O)c1c(N)cnn1CC)c1cc(O)ccc1C. The second kappa shape index (κ2) is 5.87. The van der Waals surface area contributed by atoms with Gasteiger partial charge in [-0.2, -0.15) is 5.10 Å². The van der Waals surface area contributed by atoms with Crippen molar-refractivity contribution in [3.8, 4) is 5.75 Å². The molecule has 0 saturated carbocycles. The molecule has 0 radical (unpaired) electrons. The summed E-state index contributed by atoms with van der Waals surface area (Å²) in [7, 11) is 0. The van der Waals surface area contributed by atoms with Gasteiger partial charge in [0.1, 0.15) is 11.4 Å². The monoisotopic (exact) mass is 288 g/mol. The van der Waals surface area contributed by atoms with Crippen LogP contribution in [0.5, 0.6) is 5.75 Å². The zero-order valence-electron chi connectivity index (χ0n) is 12.5. The molecule has 0 spiro atoms. The van der Waals surface area contributed by atoms with E-state index in [4.69, 9.17) is 5.73 Å². The number of anilines is 2. The van der Waals surface area contributed by atoms with Crippen molar-refractivity contribution < 1.29 is 9.90 Å². The van der Waals surface area contributed by atoms with Crippen molar-refractivity contribution in [3.05, 3.63) is 35.7 Å². The third kappa shape index (κ3) is 2.69. The molecule has 0 fully saturated rings. The van der Waals surface area contributed by atoms with Crippen LogP contribution in [0.1, 0.15) is 29.9 Å². The Hall–Kier alpha value is -2.50. The highest BCUT2D eigenvalue weighted by Crippen LogP contribution is 2.27. The summed E-state index contributed by atoms with van der Waals surface area (Å²) in [4.78, 5) is 14.4. The molecule has 1 heterocycles. The van der Waals surface area contributed by atoms with Crippen LogP contribution in [0.3, 0.4) is 0 Å². The minimum absolute atomic E-state index is 0.124. The van der Waals surface area contributed by atoms with E-state index in [0.29, 0.717) is 30.2 Å². The largest absolute Gasteiger partial charge is 0.508 e. The molecule has 112 valence electrons. The number of phenolic OH excluding ortho intramolecular Hbond substituents is 1. The number of aromatic hydroxyl groups is 1. The maximum atomic E-state index is 12.8. The summed E-state index contributed by atoms with van der Waals surface area (Å²) in [5, 5.41) is 13.8. The fourth-order valence-electron chi connectivity index (χ4n) is 2.31. The average Bonchev–Trinajstić information content (AvgIpc) is 2.84. The molecule has 1 aromatic heterocycles. The van der Waals surface area contributed by atoms with Crippen LogP contribution in [-0.2, 0) is 6.54 Å². The number of nitrogen functional groups attached to an aromatic ring is 1. The van der Waals surface area contributed by atoms with E-state index in [-0.39, 0.29) is 11.7 Å². The van der Waals surface area contributed by atoms with Gasteiger partial charge in [0.25, 0.3) is 5.91 Å². The number of amides is 1. The predicted molar refractivity (Wildman–Crippen MR) is 82.5 cm³/mol. The van der Waals surface area contributed by atoms with Crippen LogP contribution in [0.25, 0.3) is 0 Å². The third-order valence-corrected chi connectivity index (χ3v) is 3.41. The van der Waals surface area contributed by atoms with Crippen LogP contribution in [0.2, 0.25) is 0 Å². The highest BCUT2D eigenvalue weighted by atomic mass is 16.3. The summed E-state index contributed by atoms with van der Waals surface area (Å²) in [6.07, 6.45) is 1.49. The summed E-state index contributed by atoms with van der Waals surface area (Å²) in [5.41, 5.74) is 8.19. The number of benzene rings is 1. The normalized spacial score (nSPS) is 10.6. The average molecular weight is 288 g/mol. The maximum absolute atomic E-state index is 12.8. The van der Waals surface area contributed by atoms with Gasteiger partial charge in [-0.05, 0) is 32.4 Å². The minimum atomic E-state index is -0.219. The highest BCUT2D eigenvalue weighted by Gasteiger charge is 2.24. The molecule has 1 amide bonds. The molecule has 0 saturated heterocycles. The number of carbonyl (C=O) groups is 1. The van der Waals surface area contributed by atoms with Gasteiger partial charge < -0.3 is 15.7 Å². The van der Waals surface area contributed by atoms with Gasteiger partial charge in [-0.1, -0.05) is 6.07 Å². The minimum Gasteiger partial charge on any atom is -0.508 e. The van der Waals surface area contributed by atoms with Crippen molar-refractivity contribution in [2.75, 3.05) is 17.2 Å². The van der Waals surface area contributed by atoms with E-state index in [9.17, 15) is 9.90 Å². The maximum Gasteiger partial charge on any atom is 0.278 e. The van der Waals surface area contributed by atoms with E-state index >= 15 is 0 Å². The lowest BCUT2D eigenvalue weighted by Gasteiger charge is -2.23. The second-order valence-electron chi connectivity index (χ2n) is 4.78. The number of nitrogens with zero attached hydrogens (tertiary/aromatic N) is 3. The molecule has 0 aliphatic rings. The van der Waals surface area contributed by atoms with Crippen LogP contribution < -0.4 is 10.6 Å². The Kier molecular flexibility index (Phi) is 4.16. The standard InChI is InChI=1S/C15H20N4O2/c1-4-18(13-8-11(20)7-6-10(13)3)15(21)14-12(16)9-17-19(14)5-2/h6-9,20H,4-5,16H2,1-3H3. The second-order valence-corrected chi connectivity index (χ2v) is 4.78. The Balaban J connectivity index is 2.48. The van der Waals surface area contributed by atoms with Gasteiger partial charge in [0.2, 0.25) is 0 Å². The van der Waals surface area contributed by atoms with E-state index in [2.05, 4.69) is 5.10 Å². The predicted octanol–water partition coefficient (Wildman–Crippen LogP) is 2.17. The molecule has 21 heavy (non-hydrogen) atoms. The summed E-state index contributed by atoms with van der Waals surface area (Å²) in [5.74, 6) is -0.0955. The van der Waals surface area contributed by atoms with Gasteiger partial charge in [0, 0.05) is 19.2 Å². The summed E-state index contributed by atoms with van der Waals surface area (Å²) >= 11 is 0. The first-order valence-electron chi connectivity index (χ1n) is 6.92. The van der Waals surface area contributed by atoms with Gasteiger partial charge in [-0.3, -0.25) is 9.48 Å².